The highest BCUT2D eigenvalue weighted by Crippen LogP contribution is 2.35. The van der Waals surface area contributed by atoms with Gasteiger partial charge in [0.2, 0.25) is 0 Å². The van der Waals surface area contributed by atoms with E-state index in [0.29, 0.717) is 22.9 Å². The Labute approximate surface area is 148 Å². The normalized spacial score (nSPS) is 11.3. The van der Waals surface area contributed by atoms with Gasteiger partial charge in [0.25, 0.3) is 5.91 Å². The van der Waals surface area contributed by atoms with Gasteiger partial charge in [0.05, 0.1) is 24.0 Å². The lowest BCUT2D eigenvalue weighted by Crippen LogP contribution is -2.22. The van der Waals surface area contributed by atoms with Crippen molar-refractivity contribution in [2.45, 2.75) is 20.4 Å². The number of pyridine rings is 1. The van der Waals surface area contributed by atoms with E-state index in [2.05, 4.69) is 25.2 Å². The van der Waals surface area contributed by atoms with Crippen LogP contribution >= 0.6 is 11.3 Å². The fourth-order valence-electron chi connectivity index (χ4n) is 2.99. The molecular weight excluding hydrogens is 334 g/mol. The number of benzene rings is 1. The van der Waals surface area contributed by atoms with E-state index in [-0.39, 0.29) is 5.91 Å². The molecule has 0 aliphatic rings. The molecule has 0 fully saturated rings. The number of nitrogens with one attached hydrogen (secondary N) is 1. The first kappa shape index (κ1) is 15.7. The molecule has 3 aromatic heterocycles. The molecule has 0 aliphatic heterocycles. The van der Waals surface area contributed by atoms with Gasteiger partial charge >= 0.3 is 0 Å². The highest BCUT2D eigenvalue weighted by Gasteiger charge is 2.18. The van der Waals surface area contributed by atoms with Gasteiger partial charge in [-0.05, 0) is 49.2 Å². The van der Waals surface area contributed by atoms with Gasteiger partial charge in [0.1, 0.15) is 15.5 Å². The Kier molecular flexibility index (Phi) is 3.69. The molecule has 4 aromatic rings. The Balaban J connectivity index is 1.74. The lowest BCUT2D eigenvalue weighted by atomic mass is 10.1. The zero-order valence-corrected chi connectivity index (χ0v) is 14.7. The van der Waals surface area contributed by atoms with Gasteiger partial charge in [-0.25, -0.2) is 4.98 Å². The van der Waals surface area contributed by atoms with E-state index in [1.807, 2.05) is 18.2 Å². The number of nitrogens with two attached hydrogens (primary N) is 1. The number of aromatic nitrogens is 1. The van der Waals surface area contributed by atoms with E-state index in [4.69, 9.17) is 15.1 Å². The highest BCUT2D eigenvalue weighted by atomic mass is 32.1. The van der Waals surface area contributed by atoms with Gasteiger partial charge in [-0.15, -0.1) is 11.3 Å². The highest BCUT2D eigenvalue weighted by molar-refractivity contribution is 7.21. The number of aryl methyl sites for hydroxylation is 2. The van der Waals surface area contributed by atoms with Gasteiger partial charge < -0.3 is 15.5 Å². The number of carbonyl (C=O) groups is 1. The van der Waals surface area contributed by atoms with Gasteiger partial charge in [0.15, 0.2) is 0 Å². The predicted molar refractivity (Wildman–Crippen MR) is 101 cm³/mol. The fourth-order valence-corrected chi connectivity index (χ4v) is 3.99. The maximum atomic E-state index is 12.5. The summed E-state index contributed by atoms with van der Waals surface area (Å²) in [6.07, 6.45) is 1.58. The van der Waals surface area contributed by atoms with Gasteiger partial charge in [-0.3, -0.25) is 4.79 Å². The molecular formula is C19H17N3O2S. The third-order valence-electron chi connectivity index (χ3n) is 4.19. The van der Waals surface area contributed by atoms with Gasteiger partial charge in [0, 0.05) is 10.8 Å². The van der Waals surface area contributed by atoms with Crippen molar-refractivity contribution in [3.8, 4) is 0 Å². The molecule has 0 aliphatic carbocycles. The minimum atomic E-state index is -0.214. The van der Waals surface area contributed by atoms with Crippen molar-refractivity contribution in [3.05, 3.63) is 58.4 Å². The molecule has 3 N–H and O–H groups in total. The van der Waals surface area contributed by atoms with Crippen molar-refractivity contribution < 1.29 is 9.21 Å². The zero-order chi connectivity index (χ0) is 17.6. The second-order valence-electron chi connectivity index (χ2n) is 6.10. The summed E-state index contributed by atoms with van der Waals surface area (Å²) in [5, 5.41) is 4.72. The van der Waals surface area contributed by atoms with E-state index >= 15 is 0 Å². The molecule has 6 heteroatoms. The van der Waals surface area contributed by atoms with Crippen LogP contribution in [0.25, 0.3) is 21.1 Å². The van der Waals surface area contributed by atoms with E-state index in [0.717, 1.165) is 32.2 Å². The Morgan fingerprint density at radius 2 is 2.12 bits per heavy atom. The number of amides is 1. The first-order valence-electron chi connectivity index (χ1n) is 7.93. The Bertz CT molecular complexity index is 1100. The molecule has 0 spiro atoms. The van der Waals surface area contributed by atoms with Crippen LogP contribution in [0.15, 0.2) is 41.0 Å². The Hall–Kier alpha value is -2.86. The number of hydrogen-bond acceptors (Lipinski definition) is 5. The predicted octanol–water partition coefficient (Wildman–Crippen LogP) is 4.17. The number of fused-ring (bicyclic) bond motifs is 2. The Morgan fingerprint density at radius 1 is 1.28 bits per heavy atom. The molecule has 0 atom stereocenters. The molecule has 25 heavy (non-hydrogen) atoms. The molecule has 4 rings (SSSR count). The monoisotopic (exact) mass is 351 g/mol. The summed E-state index contributed by atoms with van der Waals surface area (Å²) in [7, 11) is 0. The molecule has 3 heterocycles. The lowest BCUT2D eigenvalue weighted by molar-refractivity contribution is 0.0953. The molecule has 0 saturated heterocycles. The summed E-state index contributed by atoms with van der Waals surface area (Å²) < 4.78 is 5.23. The molecule has 5 nitrogen and oxygen atoms in total. The van der Waals surface area contributed by atoms with Crippen LogP contribution in [0.2, 0.25) is 0 Å². The second kappa shape index (κ2) is 5.89. The molecule has 0 radical (unpaired) electrons. The van der Waals surface area contributed by atoms with Crippen LogP contribution in [0.4, 0.5) is 5.69 Å². The molecule has 126 valence electrons. The van der Waals surface area contributed by atoms with E-state index in [1.165, 1.54) is 11.3 Å². The van der Waals surface area contributed by atoms with E-state index in [1.54, 1.807) is 12.3 Å². The quantitative estimate of drug-likeness (QED) is 0.580. The summed E-state index contributed by atoms with van der Waals surface area (Å²) >= 11 is 1.32. The van der Waals surface area contributed by atoms with Crippen molar-refractivity contribution in [1.82, 2.24) is 10.3 Å². The fraction of sp³-hybridized carbons (Fsp3) is 0.158. The molecule has 1 amide bonds. The Morgan fingerprint density at radius 3 is 2.88 bits per heavy atom. The third kappa shape index (κ3) is 2.74. The van der Waals surface area contributed by atoms with Crippen LogP contribution in [0, 0.1) is 13.8 Å². The minimum Gasteiger partial charge on any atom is -0.467 e. The lowest BCUT2D eigenvalue weighted by Gasteiger charge is -2.04. The summed E-state index contributed by atoms with van der Waals surface area (Å²) in [5.74, 6) is 0.483. The number of hydrogen-bond donors (Lipinski definition) is 2. The zero-order valence-electron chi connectivity index (χ0n) is 13.9. The third-order valence-corrected chi connectivity index (χ3v) is 5.31. The smallest absolute Gasteiger partial charge is 0.263 e. The van der Waals surface area contributed by atoms with E-state index in [9.17, 15) is 4.79 Å². The summed E-state index contributed by atoms with van der Waals surface area (Å²) in [6, 6.07) is 9.80. The van der Waals surface area contributed by atoms with Crippen LogP contribution in [0.3, 0.4) is 0 Å². The number of anilines is 1. The average molecular weight is 351 g/mol. The number of furan rings is 1. The summed E-state index contributed by atoms with van der Waals surface area (Å²) in [4.78, 5) is 18.5. The largest absolute Gasteiger partial charge is 0.467 e. The SMILES string of the molecule is Cc1cc(C)c2cc3c(N)c(C(=O)NCc4ccco4)sc3nc2c1. The van der Waals surface area contributed by atoms with Crippen LogP contribution < -0.4 is 11.1 Å². The second-order valence-corrected chi connectivity index (χ2v) is 7.10. The number of carbonyl (C=O) groups excluding carboxylic acids is 1. The molecule has 1 aromatic carbocycles. The van der Waals surface area contributed by atoms with Crippen LogP contribution in [-0.4, -0.2) is 10.9 Å². The van der Waals surface area contributed by atoms with Crippen LogP contribution in [-0.2, 0) is 6.54 Å². The van der Waals surface area contributed by atoms with Crippen LogP contribution in [0.5, 0.6) is 0 Å². The minimum absolute atomic E-state index is 0.214. The van der Waals surface area contributed by atoms with Gasteiger partial charge in [-0.2, -0.15) is 0 Å². The van der Waals surface area contributed by atoms with Crippen molar-refractivity contribution >= 4 is 44.1 Å². The first-order chi connectivity index (χ1) is 12.0. The molecule has 0 bridgehead atoms. The number of thiophene rings is 1. The topological polar surface area (TPSA) is 81.2 Å². The summed E-state index contributed by atoms with van der Waals surface area (Å²) in [5.41, 5.74) is 9.97. The number of rotatable bonds is 3. The van der Waals surface area contributed by atoms with Crippen molar-refractivity contribution in [3.63, 3.8) is 0 Å². The van der Waals surface area contributed by atoms with E-state index < -0.39 is 0 Å². The maximum Gasteiger partial charge on any atom is 0.263 e. The first-order valence-corrected chi connectivity index (χ1v) is 8.75. The number of nitrogen functional groups attached to an aromatic ring is 1. The van der Waals surface area contributed by atoms with Crippen molar-refractivity contribution in [2.75, 3.05) is 5.73 Å². The maximum absolute atomic E-state index is 12.5. The molecule has 0 unspecified atom stereocenters. The van der Waals surface area contributed by atoms with Crippen LogP contribution in [0.1, 0.15) is 26.6 Å². The summed E-state index contributed by atoms with van der Waals surface area (Å²) in [6.45, 7) is 4.43. The van der Waals surface area contributed by atoms with Gasteiger partial charge in [-0.1, -0.05) is 6.07 Å². The molecule has 0 saturated carbocycles. The van der Waals surface area contributed by atoms with Crippen molar-refractivity contribution in [1.29, 1.82) is 0 Å². The average Bonchev–Trinajstić information content (AvgIpc) is 3.19. The standard InChI is InChI=1S/C19H17N3O2S/c1-10-6-11(2)13-8-14-16(20)17(25-19(14)22-15(13)7-10)18(23)21-9-12-4-3-5-24-12/h3-8H,9,20H2,1-2H3,(H,21,23). The number of nitrogens with zero attached hydrogens (tertiary/aromatic N) is 1. The van der Waals surface area contributed by atoms with Crippen molar-refractivity contribution in [2.24, 2.45) is 0 Å².